The molecule has 0 aliphatic heterocycles. The lowest BCUT2D eigenvalue weighted by molar-refractivity contribution is 0.669. The Kier molecular flexibility index (Phi) is 8.86. The summed E-state index contributed by atoms with van der Waals surface area (Å²) in [6, 6.07) is 83.8. The van der Waals surface area contributed by atoms with Crippen molar-refractivity contribution in [2.75, 3.05) is 0 Å². The summed E-state index contributed by atoms with van der Waals surface area (Å²) in [5.41, 5.74) is 13.8. The van der Waals surface area contributed by atoms with E-state index in [-0.39, 0.29) is 0 Å². The molecule has 0 saturated heterocycles. The highest BCUT2D eigenvalue weighted by Crippen LogP contribution is 2.47. The molecule has 0 N–H and O–H groups in total. The van der Waals surface area contributed by atoms with Crippen LogP contribution in [0.25, 0.3) is 143 Å². The molecule has 0 unspecified atom stereocenters. The Bertz CT molecular complexity index is 4300. The molecule has 0 aliphatic carbocycles. The van der Waals surface area contributed by atoms with Gasteiger partial charge >= 0.3 is 0 Å². The average Bonchev–Trinajstić information content (AvgIpc) is 3.81. The van der Waals surface area contributed by atoms with Crippen molar-refractivity contribution in [1.82, 2.24) is 15.0 Å². The van der Waals surface area contributed by atoms with Crippen molar-refractivity contribution < 1.29 is 4.42 Å². The Morgan fingerprint density at radius 1 is 0.261 bits per heavy atom. The maximum absolute atomic E-state index is 6.71. The van der Waals surface area contributed by atoms with E-state index < -0.39 is 0 Å². The van der Waals surface area contributed by atoms with Crippen molar-refractivity contribution >= 4 is 75.9 Å². The summed E-state index contributed by atoms with van der Waals surface area (Å²) in [7, 11) is 0. The monoisotopic (exact) mass is 877 g/mol. The highest BCUT2D eigenvalue weighted by Gasteiger charge is 2.22. The second-order valence-electron chi connectivity index (χ2n) is 17.8. The number of para-hydroxylation sites is 2. The van der Waals surface area contributed by atoms with Gasteiger partial charge in [-0.05, 0) is 79.3 Å². The Morgan fingerprint density at radius 3 is 1.45 bits per heavy atom. The number of benzene rings is 11. The van der Waals surface area contributed by atoms with Crippen LogP contribution in [0.2, 0.25) is 0 Å². The third-order valence-corrected chi connectivity index (χ3v) is 13.9. The number of fused-ring (bicyclic) bond motifs is 12. The number of aromatic nitrogens is 3. The zero-order valence-electron chi connectivity index (χ0n) is 37.3. The Hall–Kier alpha value is -9.25. The lowest BCUT2D eigenvalue weighted by Crippen LogP contribution is -1.96. The summed E-state index contributed by atoms with van der Waals surface area (Å²) in [6.07, 6.45) is 0. The van der Waals surface area contributed by atoms with Crippen LogP contribution >= 0.6 is 0 Å². The summed E-state index contributed by atoms with van der Waals surface area (Å²) in [6.45, 7) is 0. The van der Waals surface area contributed by atoms with E-state index in [1.165, 1.54) is 43.4 Å². The minimum absolute atomic E-state index is 0.678. The van der Waals surface area contributed by atoms with Gasteiger partial charge < -0.3 is 4.42 Å². The van der Waals surface area contributed by atoms with E-state index in [0.717, 1.165) is 94.1 Å². The maximum Gasteiger partial charge on any atom is 0.160 e. The molecule has 0 amide bonds. The van der Waals surface area contributed by atoms with Gasteiger partial charge in [0.2, 0.25) is 0 Å². The molecule has 0 spiro atoms. The SMILES string of the molecule is c1ccc(-c2ccc(-c3c4c(cc5c(-c6ccc(-c7cc(-c8ccc9c%10ccccc%10c%10ccccc%10c9c8)nc(-c8ccccc8)n7)cc6)nc6ccccc6c35)oc3ccccc34)cc2)cc1. The zero-order valence-corrected chi connectivity index (χ0v) is 37.3. The van der Waals surface area contributed by atoms with E-state index in [1.54, 1.807) is 0 Å². The molecule has 4 nitrogen and oxygen atoms in total. The van der Waals surface area contributed by atoms with Crippen LogP contribution in [0.4, 0.5) is 0 Å². The first kappa shape index (κ1) is 39.0. The minimum atomic E-state index is 0.678. The Balaban J connectivity index is 0.944. The van der Waals surface area contributed by atoms with Crippen molar-refractivity contribution in [3.05, 3.63) is 237 Å². The smallest absolute Gasteiger partial charge is 0.160 e. The van der Waals surface area contributed by atoms with E-state index in [2.05, 4.69) is 212 Å². The number of furan rings is 1. The quantitative estimate of drug-likeness (QED) is 0.156. The first-order valence-corrected chi connectivity index (χ1v) is 23.4. The second-order valence-corrected chi connectivity index (χ2v) is 17.8. The van der Waals surface area contributed by atoms with Gasteiger partial charge in [-0.15, -0.1) is 0 Å². The number of rotatable bonds is 6. The largest absolute Gasteiger partial charge is 0.456 e. The Labute approximate surface area is 397 Å². The van der Waals surface area contributed by atoms with Gasteiger partial charge in [0.05, 0.1) is 22.6 Å². The fourth-order valence-corrected chi connectivity index (χ4v) is 10.6. The third kappa shape index (κ3) is 6.41. The van der Waals surface area contributed by atoms with E-state index in [1.807, 2.05) is 24.3 Å². The van der Waals surface area contributed by atoms with Crippen LogP contribution in [0.1, 0.15) is 0 Å². The van der Waals surface area contributed by atoms with Crippen LogP contribution in [-0.2, 0) is 0 Å². The summed E-state index contributed by atoms with van der Waals surface area (Å²) >= 11 is 0. The molecule has 69 heavy (non-hydrogen) atoms. The van der Waals surface area contributed by atoms with Crippen LogP contribution in [0.15, 0.2) is 241 Å². The van der Waals surface area contributed by atoms with Crippen molar-refractivity contribution in [2.45, 2.75) is 0 Å². The molecular formula is C65H39N3O. The number of nitrogens with zero attached hydrogens (tertiary/aromatic N) is 3. The van der Waals surface area contributed by atoms with Crippen LogP contribution in [-0.4, -0.2) is 15.0 Å². The molecule has 0 atom stereocenters. The zero-order chi connectivity index (χ0) is 45.4. The van der Waals surface area contributed by atoms with Crippen molar-refractivity contribution in [1.29, 1.82) is 0 Å². The number of pyridine rings is 1. The number of hydrogen-bond acceptors (Lipinski definition) is 4. The summed E-state index contributed by atoms with van der Waals surface area (Å²) in [5.74, 6) is 0.678. The van der Waals surface area contributed by atoms with Crippen LogP contribution < -0.4 is 0 Å². The highest BCUT2D eigenvalue weighted by molar-refractivity contribution is 6.28. The maximum atomic E-state index is 6.71. The minimum Gasteiger partial charge on any atom is -0.456 e. The van der Waals surface area contributed by atoms with Gasteiger partial charge in [-0.3, -0.25) is 0 Å². The second kappa shape index (κ2) is 15.7. The molecular weight excluding hydrogens is 839 g/mol. The molecule has 4 heteroatoms. The fourth-order valence-electron chi connectivity index (χ4n) is 10.6. The van der Waals surface area contributed by atoms with Crippen molar-refractivity contribution in [3.8, 4) is 67.4 Å². The van der Waals surface area contributed by atoms with Gasteiger partial charge in [-0.2, -0.15) is 0 Å². The first-order chi connectivity index (χ1) is 34.2. The summed E-state index contributed by atoms with van der Waals surface area (Å²) < 4.78 is 6.71. The summed E-state index contributed by atoms with van der Waals surface area (Å²) in [5, 5.41) is 12.9. The molecule has 0 saturated carbocycles. The van der Waals surface area contributed by atoms with Crippen LogP contribution in [0.5, 0.6) is 0 Å². The highest BCUT2D eigenvalue weighted by atomic mass is 16.3. The molecule has 320 valence electrons. The molecule has 0 bridgehead atoms. The van der Waals surface area contributed by atoms with E-state index in [0.29, 0.717) is 5.82 Å². The predicted octanol–water partition coefficient (Wildman–Crippen LogP) is 17.5. The molecule has 14 aromatic rings. The summed E-state index contributed by atoms with van der Waals surface area (Å²) in [4.78, 5) is 15.9. The molecule has 0 fully saturated rings. The molecule has 11 aromatic carbocycles. The van der Waals surface area contributed by atoms with E-state index in [9.17, 15) is 0 Å². The normalized spacial score (nSPS) is 11.8. The molecule has 3 heterocycles. The van der Waals surface area contributed by atoms with Gasteiger partial charge in [-0.1, -0.05) is 206 Å². The van der Waals surface area contributed by atoms with Gasteiger partial charge in [0.1, 0.15) is 11.2 Å². The topological polar surface area (TPSA) is 51.8 Å². The van der Waals surface area contributed by atoms with Crippen molar-refractivity contribution in [2.24, 2.45) is 0 Å². The van der Waals surface area contributed by atoms with Gasteiger partial charge in [0.25, 0.3) is 0 Å². The number of hydrogen-bond donors (Lipinski definition) is 0. The van der Waals surface area contributed by atoms with Gasteiger partial charge in [0, 0.05) is 54.7 Å². The molecule has 0 radical (unpaired) electrons. The van der Waals surface area contributed by atoms with Gasteiger partial charge in [0.15, 0.2) is 5.82 Å². The standard InChI is InChI=1S/C65H39N3O/c1-3-15-40(16-4-1)41-27-31-43(32-28-41)61-62-52-23-11-13-25-56(52)66-64(55(62)38-60-63(61)53-24-12-14-26-59(53)69-60)44-33-29-42(30-34-44)57-39-58(68-65(67-57)45-17-5-2-6-18-45)46-35-36-51-49-21-8-7-19-47(49)48-20-9-10-22-50(48)54(51)37-46/h1-39H. The fraction of sp³-hybridized carbons (Fsp3) is 0. The van der Waals surface area contributed by atoms with E-state index >= 15 is 0 Å². The van der Waals surface area contributed by atoms with Gasteiger partial charge in [-0.25, -0.2) is 15.0 Å². The first-order valence-electron chi connectivity index (χ1n) is 23.4. The lowest BCUT2D eigenvalue weighted by Gasteiger charge is -2.16. The average molecular weight is 878 g/mol. The molecule has 3 aromatic heterocycles. The Morgan fingerprint density at radius 2 is 0.754 bits per heavy atom. The third-order valence-electron chi connectivity index (χ3n) is 13.9. The lowest BCUT2D eigenvalue weighted by atomic mass is 9.89. The van der Waals surface area contributed by atoms with E-state index in [4.69, 9.17) is 19.4 Å². The van der Waals surface area contributed by atoms with Crippen molar-refractivity contribution in [3.63, 3.8) is 0 Å². The molecule has 14 rings (SSSR count). The molecule has 0 aliphatic rings. The van der Waals surface area contributed by atoms with Crippen LogP contribution in [0, 0.1) is 0 Å². The van der Waals surface area contributed by atoms with Crippen LogP contribution in [0.3, 0.4) is 0 Å². The predicted molar refractivity (Wildman–Crippen MR) is 287 cm³/mol.